The van der Waals surface area contributed by atoms with Gasteiger partial charge in [0, 0.05) is 17.3 Å². The van der Waals surface area contributed by atoms with Crippen LogP contribution in [0.1, 0.15) is 17.2 Å². The molecule has 2 nitrogen and oxygen atoms in total. The quantitative estimate of drug-likeness (QED) is 0.815. The van der Waals surface area contributed by atoms with Crippen molar-refractivity contribution >= 4 is 11.6 Å². The molecule has 2 rings (SSSR count). The van der Waals surface area contributed by atoms with Gasteiger partial charge >= 0.3 is 0 Å². The fraction of sp³-hybridized carbons (Fsp3) is 0.0833. The molecule has 82 valence electrons. The molecule has 1 aromatic carbocycles. The van der Waals surface area contributed by atoms with Crippen LogP contribution in [0.5, 0.6) is 0 Å². The summed E-state index contributed by atoms with van der Waals surface area (Å²) in [6.45, 7) is 0. The van der Waals surface area contributed by atoms with Crippen LogP contribution in [0, 0.1) is 5.82 Å². The number of hydrogen-bond acceptors (Lipinski definition) is 2. The normalized spacial score (nSPS) is 12.4. The van der Waals surface area contributed by atoms with Gasteiger partial charge in [-0.25, -0.2) is 9.37 Å². The second-order valence-corrected chi connectivity index (χ2v) is 3.73. The standard InChI is InChI=1S/C12H9ClFNO/c13-11-6-5-8(7-15-11)12(16)9-3-1-2-4-10(9)14/h1-7,12,16H. The third-order valence-electron chi connectivity index (χ3n) is 2.27. The molecule has 0 saturated heterocycles. The molecule has 1 unspecified atom stereocenters. The SMILES string of the molecule is OC(c1ccc(Cl)nc1)c1ccccc1F. The molecule has 0 fully saturated rings. The van der Waals surface area contributed by atoms with Crippen molar-refractivity contribution in [2.45, 2.75) is 6.10 Å². The summed E-state index contributed by atoms with van der Waals surface area (Å²) in [5.41, 5.74) is 0.737. The van der Waals surface area contributed by atoms with E-state index in [2.05, 4.69) is 4.98 Å². The maximum absolute atomic E-state index is 13.4. The van der Waals surface area contributed by atoms with E-state index in [1.54, 1.807) is 24.3 Å². The summed E-state index contributed by atoms with van der Waals surface area (Å²) in [4.78, 5) is 3.84. The van der Waals surface area contributed by atoms with Crippen LogP contribution in [-0.2, 0) is 0 Å². The molecule has 1 heterocycles. The largest absolute Gasteiger partial charge is 0.383 e. The number of benzene rings is 1. The highest BCUT2D eigenvalue weighted by Gasteiger charge is 2.14. The Labute approximate surface area is 97.3 Å². The molecule has 0 spiro atoms. The van der Waals surface area contributed by atoms with Crippen LogP contribution in [0.2, 0.25) is 5.15 Å². The Kier molecular flexibility index (Phi) is 3.17. The zero-order valence-electron chi connectivity index (χ0n) is 8.27. The van der Waals surface area contributed by atoms with Gasteiger partial charge in [-0.05, 0) is 12.1 Å². The Hall–Kier alpha value is -1.45. The first kappa shape index (κ1) is 11.0. The lowest BCUT2D eigenvalue weighted by Gasteiger charge is -2.11. The van der Waals surface area contributed by atoms with Crippen molar-refractivity contribution < 1.29 is 9.50 Å². The summed E-state index contributed by atoms with van der Waals surface area (Å²) >= 11 is 5.63. The minimum absolute atomic E-state index is 0.228. The van der Waals surface area contributed by atoms with E-state index in [-0.39, 0.29) is 5.56 Å². The van der Waals surface area contributed by atoms with Crippen molar-refractivity contribution in [2.75, 3.05) is 0 Å². The van der Waals surface area contributed by atoms with Gasteiger partial charge < -0.3 is 5.11 Å². The van der Waals surface area contributed by atoms with E-state index >= 15 is 0 Å². The van der Waals surface area contributed by atoms with E-state index in [0.717, 1.165) is 0 Å². The highest BCUT2D eigenvalue weighted by Crippen LogP contribution is 2.23. The van der Waals surface area contributed by atoms with Gasteiger partial charge in [0.2, 0.25) is 0 Å². The monoisotopic (exact) mass is 237 g/mol. The van der Waals surface area contributed by atoms with E-state index in [0.29, 0.717) is 10.7 Å². The first-order valence-corrected chi connectivity index (χ1v) is 5.10. The number of aliphatic hydroxyl groups is 1. The lowest BCUT2D eigenvalue weighted by atomic mass is 10.0. The van der Waals surface area contributed by atoms with Gasteiger partial charge in [-0.3, -0.25) is 0 Å². The predicted molar refractivity (Wildman–Crippen MR) is 59.7 cm³/mol. The van der Waals surface area contributed by atoms with Gasteiger partial charge in [0.25, 0.3) is 0 Å². The van der Waals surface area contributed by atoms with Gasteiger partial charge in [-0.1, -0.05) is 35.9 Å². The van der Waals surface area contributed by atoms with Gasteiger partial charge in [0.05, 0.1) is 0 Å². The highest BCUT2D eigenvalue weighted by molar-refractivity contribution is 6.29. The zero-order valence-corrected chi connectivity index (χ0v) is 9.03. The molecule has 0 aliphatic rings. The Morgan fingerprint density at radius 3 is 2.56 bits per heavy atom. The van der Waals surface area contributed by atoms with Crippen molar-refractivity contribution in [1.82, 2.24) is 4.98 Å². The number of nitrogens with zero attached hydrogens (tertiary/aromatic N) is 1. The highest BCUT2D eigenvalue weighted by atomic mass is 35.5. The van der Waals surface area contributed by atoms with Crippen LogP contribution in [0.15, 0.2) is 42.6 Å². The summed E-state index contributed by atoms with van der Waals surface area (Å²) in [5.74, 6) is -0.440. The molecule has 16 heavy (non-hydrogen) atoms. The summed E-state index contributed by atoms with van der Waals surface area (Å²) in [6.07, 6.45) is 0.408. The lowest BCUT2D eigenvalue weighted by Crippen LogP contribution is -2.02. The maximum Gasteiger partial charge on any atom is 0.129 e. The molecular formula is C12H9ClFNO. The number of aromatic nitrogens is 1. The van der Waals surface area contributed by atoms with E-state index in [9.17, 15) is 9.50 Å². The molecule has 1 aromatic heterocycles. The van der Waals surface area contributed by atoms with Crippen LogP contribution in [0.3, 0.4) is 0 Å². The van der Waals surface area contributed by atoms with Crippen LogP contribution < -0.4 is 0 Å². The van der Waals surface area contributed by atoms with E-state index in [1.807, 2.05) is 0 Å². The second kappa shape index (κ2) is 4.60. The minimum atomic E-state index is -1.02. The van der Waals surface area contributed by atoms with E-state index in [1.165, 1.54) is 18.3 Å². The number of halogens is 2. The van der Waals surface area contributed by atoms with Crippen LogP contribution in [0.25, 0.3) is 0 Å². The van der Waals surface area contributed by atoms with Crippen molar-refractivity contribution in [3.8, 4) is 0 Å². The third-order valence-corrected chi connectivity index (χ3v) is 2.49. The molecule has 0 aliphatic carbocycles. The molecule has 0 amide bonds. The molecule has 0 saturated carbocycles. The fourth-order valence-electron chi connectivity index (χ4n) is 1.43. The molecule has 2 aromatic rings. The first-order chi connectivity index (χ1) is 7.68. The fourth-order valence-corrected chi connectivity index (χ4v) is 1.54. The van der Waals surface area contributed by atoms with E-state index < -0.39 is 11.9 Å². The van der Waals surface area contributed by atoms with Crippen LogP contribution in [0.4, 0.5) is 4.39 Å². The number of pyridine rings is 1. The Morgan fingerprint density at radius 1 is 1.19 bits per heavy atom. The molecule has 4 heteroatoms. The van der Waals surface area contributed by atoms with Crippen LogP contribution >= 0.6 is 11.6 Å². The van der Waals surface area contributed by atoms with Gasteiger partial charge in [0.1, 0.15) is 17.1 Å². The maximum atomic E-state index is 13.4. The average molecular weight is 238 g/mol. The third kappa shape index (κ3) is 2.21. The summed E-state index contributed by atoms with van der Waals surface area (Å²) in [6, 6.07) is 9.26. The zero-order chi connectivity index (χ0) is 11.5. The summed E-state index contributed by atoms with van der Waals surface area (Å²) in [5, 5.41) is 10.3. The topological polar surface area (TPSA) is 33.1 Å². The molecule has 1 N–H and O–H groups in total. The van der Waals surface area contributed by atoms with Crippen molar-refractivity contribution in [2.24, 2.45) is 0 Å². The number of rotatable bonds is 2. The van der Waals surface area contributed by atoms with Crippen molar-refractivity contribution in [3.63, 3.8) is 0 Å². The molecule has 0 aliphatic heterocycles. The Balaban J connectivity index is 2.35. The average Bonchev–Trinajstić information content (AvgIpc) is 2.30. The number of hydrogen-bond donors (Lipinski definition) is 1. The summed E-state index contributed by atoms with van der Waals surface area (Å²) < 4.78 is 13.4. The lowest BCUT2D eigenvalue weighted by molar-refractivity contribution is 0.214. The molecule has 0 radical (unpaired) electrons. The van der Waals surface area contributed by atoms with Gasteiger partial charge in [-0.15, -0.1) is 0 Å². The van der Waals surface area contributed by atoms with Crippen LogP contribution in [-0.4, -0.2) is 10.1 Å². The Bertz CT molecular complexity index is 487. The van der Waals surface area contributed by atoms with E-state index in [4.69, 9.17) is 11.6 Å². The number of aliphatic hydroxyl groups excluding tert-OH is 1. The molecular weight excluding hydrogens is 229 g/mol. The predicted octanol–water partition coefficient (Wildman–Crippen LogP) is 2.96. The molecule has 0 bridgehead atoms. The smallest absolute Gasteiger partial charge is 0.129 e. The van der Waals surface area contributed by atoms with Gasteiger partial charge in [0.15, 0.2) is 0 Å². The van der Waals surface area contributed by atoms with Gasteiger partial charge in [-0.2, -0.15) is 0 Å². The minimum Gasteiger partial charge on any atom is -0.383 e. The molecule has 1 atom stereocenters. The first-order valence-electron chi connectivity index (χ1n) is 4.72. The summed E-state index contributed by atoms with van der Waals surface area (Å²) in [7, 11) is 0. The van der Waals surface area contributed by atoms with Crippen molar-refractivity contribution in [3.05, 3.63) is 64.7 Å². The van der Waals surface area contributed by atoms with Crippen molar-refractivity contribution in [1.29, 1.82) is 0 Å². The second-order valence-electron chi connectivity index (χ2n) is 3.34. The Morgan fingerprint density at radius 2 is 1.94 bits per heavy atom.